The molecule has 0 bridgehead atoms. The van der Waals surface area contributed by atoms with Crippen molar-refractivity contribution in [3.8, 4) is 11.5 Å². The number of halogens is 6. The Morgan fingerprint density at radius 1 is 1.00 bits per heavy atom. The van der Waals surface area contributed by atoms with Crippen LogP contribution >= 0.6 is 53.9 Å². The van der Waals surface area contributed by atoms with Crippen molar-refractivity contribution in [3.63, 3.8) is 0 Å². The molecule has 1 atom stereocenters. The van der Waals surface area contributed by atoms with Gasteiger partial charge >= 0.3 is 34.9 Å². The predicted octanol–water partition coefficient (Wildman–Crippen LogP) is 6.14. The molecule has 0 amide bonds. The van der Waals surface area contributed by atoms with E-state index in [-0.39, 0.29) is 44.5 Å². The molecule has 0 aliphatic carbocycles. The van der Waals surface area contributed by atoms with E-state index in [0.29, 0.717) is 39.7 Å². The van der Waals surface area contributed by atoms with Crippen LogP contribution in [0.15, 0.2) is 63.2 Å². The van der Waals surface area contributed by atoms with Gasteiger partial charge in [-0.2, -0.15) is 13.2 Å². The number of nitro benzene ring substituents is 1. The lowest BCUT2D eigenvalue weighted by Gasteiger charge is -2.15. The van der Waals surface area contributed by atoms with Gasteiger partial charge in [-0.05, 0) is 78.4 Å². The molecule has 5 rings (SSSR count). The number of fused-ring (bicyclic) bond motifs is 1. The number of nitrogens with one attached hydrogen (secondary N) is 1. The van der Waals surface area contributed by atoms with Gasteiger partial charge in [0.1, 0.15) is 36.2 Å². The highest BCUT2D eigenvalue weighted by Gasteiger charge is 2.31. The van der Waals surface area contributed by atoms with Crippen molar-refractivity contribution in [2.45, 2.75) is 43.9 Å². The van der Waals surface area contributed by atoms with Crippen LogP contribution in [0.25, 0.3) is 0 Å². The lowest BCUT2D eigenvalue weighted by Crippen LogP contribution is -2.31. The van der Waals surface area contributed by atoms with E-state index in [1.54, 1.807) is 9.36 Å². The van der Waals surface area contributed by atoms with Crippen LogP contribution in [0, 0.1) is 15.9 Å². The first-order chi connectivity index (χ1) is 31.6. The maximum absolute atomic E-state index is 14.2. The average Bonchev–Trinajstić information content (AvgIpc) is 3.54. The highest BCUT2D eigenvalue weighted by Crippen LogP contribution is 2.38. The van der Waals surface area contributed by atoms with Crippen molar-refractivity contribution in [1.82, 2.24) is 14.7 Å². The van der Waals surface area contributed by atoms with Crippen LogP contribution in [-0.2, 0) is 58.6 Å². The molecule has 1 aliphatic heterocycles. The van der Waals surface area contributed by atoms with Crippen LogP contribution in [0.3, 0.4) is 0 Å². The van der Waals surface area contributed by atoms with Gasteiger partial charge in [0, 0.05) is 30.1 Å². The molecule has 4 aromatic rings. The summed E-state index contributed by atoms with van der Waals surface area (Å²) in [6.45, 7) is 1.64. The van der Waals surface area contributed by atoms with Crippen molar-refractivity contribution < 1.29 is 80.4 Å². The van der Waals surface area contributed by atoms with E-state index < -0.39 is 84.6 Å². The van der Waals surface area contributed by atoms with Crippen molar-refractivity contribution in [3.05, 3.63) is 100 Å². The quantitative estimate of drug-likeness (QED) is 0.0198. The number of carbonyl (C=O) groups excluding carboxylic acids is 2. The van der Waals surface area contributed by atoms with E-state index in [1.165, 1.54) is 13.0 Å². The Morgan fingerprint density at radius 3 is 2.18 bits per heavy atom. The van der Waals surface area contributed by atoms with Crippen molar-refractivity contribution in [2.24, 2.45) is 4.99 Å². The number of alkyl halides is 3. The Labute approximate surface area is 404 Å². The van der Waals surface area contributed by atoms with Gasteiger partial charge in [0.2, 0.25) is 4.80 Å². The Hall–Kier alpha value is -4.99. The summed E-state index contributed by atoms with van der Waals surface area (Å²) in [5, 5.41) is 29.7. The molecule has 0 radical (unpaired) electrons. The van der Waals surface area contributed by atoms with E-state index in [9.17, 15) is 61.1 Å². The minimum absolute atomic E-state index is 0.0370. The lowest BCUT2D eigenvalue weighted by atomic mass is 10.1. The summed E-state index contributed by atoms with van der Waals surface area (Å²) in [7, 11) is -3.71. The highest BCUT2D eigenvalue weighted by molar-refractivity contribution is 8.00. The minimum Gasteiger partial charge on any atom is -0.778 e. The second kappa shape index (κ2) is 27.9. The molecule has 3 aromatic carbocycles. The van der Waals surface area contributed by atoms with Crippen LogP contribution in [-0.4, -0.2) is 104 Å². The Kier molecular flexibility index (Phi) is 24.2. The molecule has 4 N–H and O–H groups in total. The number of aromatic nitrogens is 2. The zero-order valence-electron chi connectivity index (χ0n) is 36.0. The first kappa shape index (κ1) is 59.1. The van der Waals surface area contributed by atoms with Gasteiger partial charge in [0.05, 0.1) is 64.5 Å². The molecule has 68 heavy (non-hydrogen) atoms. The van der Waals surface area contributed by atoms with Crippen LogP contribution in [0.1, 0.15) is 35.7 Å². The third kappa shape index (κ3) is 21.1. The summed E-state index contributed by atoms with van der Waals surface area (Å²) in [6, 6.07) is 7.88. The zero-order valence-corrected chi connectivity index (χ0v) is 40.8. The standard InChI is InChI=1S/C18H13ClF3NO7.C14H13ClFN3O3S2.C3H8NO5P.C3H9S/c1-2-28-16(24)9-29-17(25)12-8-11(4-5-14(12)23(26)27)30-15-6-3-10(7-13(15)19)18(20,21)22;15-8-5-9(16)10(6-11(8)23-7-12(20)21)17-13-18-3-1-2-4-19(18)14(22)24-13;5-3(6)1-4-2-10(7,8)9;1-4(2)3/h3-8H,2,9H2,1H3;5-6H,1-4,7H2,(H,20,21);4H,1-2H2,(H,5,6)(H2,7,8,9);1-3H3/q;;;+1/p-1. The Morgan fingerprint density at radius 2 is 1.63 bits per heavy atom. The number of hydrogen-bond donors (Lipinski definition) is 4. The predicted molar refractivity (Wildman–Crippen MR) is 243 cm³/mol. The SMILES string of the molecule is CCOC(=O)COC(=O)c1cc(Oc2ccc(C(F)(F)F)cc2Cl)ccc1[N+](=O)[O-].C[S+](C)C.O=C(O)CNCP(=O)([O-])O.O=C(O)CSc1cc(N=c2sc(=O)n3n2CCCC3)c(F)cc1Cl. The topological polar surface area (TPSA) is 291 Å². The normalized spacial score (nSPS) is 12.9. The first-order valence-corrected chi connectivity index (χ1v) is 25.7. The van der Waals surface area contributed by atoms with Gasteiger partial charge in [-0.1, -0.05) is 23.2 Å². The van der Waals surface area contributed by atoms with Crippen LogP contribution in [0.5, 0.6) is 11.5 Å². The third-order valence-electron chi connectivity index (χ3n) is 7.55. The number of ether oxygens (including phenoxy) is 3. The van der Waals surface area contributed by atoms with Gasteiger partial charge in [0.15, 0.2) is 6.61 Å². The van der Waals surface area contributed by atoms with Crippen molar-refractivity contribution in [1.29, 1.82) is 0 Å². The largest absolute Gasteiger partial charge is 0.778 e. The number of aliphatic carboxylic acids is 2. The van der Waals surface area contributed by atoms with Crippen LogP contribution in [0.4, 0.5) is 28.9 Å². The van der Waals surface area contributed by atoms with E-state index >= 15 is 0 Å². The summed E-state index contributed by atoms with van der Waals surface area (Å²) < 4.78 is 80.2. The lowest BCUT2D eigenvalue weighted by molar-refractivity contribution is -0.385. The number of rotatable bonds is 15. The third-order valence-corrected chi connectivity index (χ3v) is 10.8. The maximum atomic E-state index is 14.2. The molecule has 0 saturated carbocycles. The molecule has 0 saturated heterocycles. The second-order valence-corrected chi connectivity index (χ2v) is 20.3. The molecular formula is C38H42Cl2F4N5O15PS3. The monoisotopic (exact) mass is 1080 g/mol. The maximum Gasteiger partial charge on any atom is 0.416 e. The fraction of sp³-hybridized carbons (Fsp3) is 0.368. The van der Waals surface area contributed by atoms with Crippen LogP contribution in [0.2, 0.25) is 10.0 Å². The van der Waals surface area contributed by atoms with Gasteiger partial charge in [-0.15, -0.1) is 11.8 Å². The number of esters is 2. The number of hydrogen-bond acceptors (Lipinski definition) is 16. The van der Waals surface area contributed by atoms with E-state index in [0.717, 1.165) is 72.3 Å². The summed E-state index contributed by atoms with van der Waals surface area (Å²) >= 11 is 13.7. The molecule has 1 aliphatic rings. The summed E-state index contributed by atoms with van der Waals surface area (Å²) in [5.74, 6) is -5.32. The molecule has 374 valence electrons. The molecular weight excluding hydrogens is 1040 g/mol. The molecule has 20 nitrogen and oxygen atoms in total. The number of benzene rings is 3. The summed E-state index contributed by atoms with van der Waals surface area (Å²) in [4.78, 5) is 89.2. The number of nitro groups is 1. The van der Waals surface area contributed by atoms with E-state index in [1.807, 2.05) is 5.32 Å². The average molecular weight is 1080 g/mol. The van der Waals surface area contributed by atoms with Gasteiger partial charge in [-0.25, -0.2) is 23.7 Å². The number of carboxylic acid groups (broad SMARTS) is 2. The molecule has 0 fully saturated rings. The van der Waals surface area contributed by atoms with Crippen molar-refractivity contribution >= 4 is 100 Å². The number of carbonyl (C=O) groups is 4. The first-order valence-electron chi connectivity index (χ1n) is 18.9. The van der Waals surface area contributed by atoms with Gasteiger partial charge in [-0.3, -0.25) is 34.5 Å². The zero-order chi connectivity index (χ0) is 51.5. The van der Waals surface area contributed by atoms with E-state index in [4.69, 9.17) is 47.8 Å². The summed E-state index contributed by atoms with van der Waals surface area (Å²) in [6.07, 6.45) is 3.14. The molecule has 0 spiro atoms. The Bertz CT molecular complexity index is 2610. The fourth-order valence-electron chi connectivity index (χ4n) is 4.87. The smallest absolute Gasteiger partial charge is 0.416 e. The number of thioether (sulfide) groups is 1. The summed E-state index contributed by atoms with van der Waals surface area (Å²) in [5.41, 5.74) is -2.12. The molecule has 1 unspecified atom stereocenters. The van der Waals surface area contributed by atoms with Crippen molar-refractivity contribution in [2.75, 3.05) is 50.6 Å². The Balaban J connectivity index is 0.000000370. The highest BCUT2D eigenvalue weighted by atomic mass is 35.5. The number of nitrogens with zero attached hydrogens (tertiary/aromatic N) is 4. The van der Waals surface area contributed by atoms with E-state index in [2.05, 4.69) is 28.5 Å². The minimum atomic E-state index is -4.61. The van der Waals surface area contributed by atoms with Gasteiger partial charge in [0.25, 0.3) is 5.69 Å². The molecule has 2 heterocycles. The van der Waals surface area contributed by atoms with Gasteiger partial charge < -0.3 is 38.8 Å². The second-order valence-electron chi connectivity index (χ2n) is 13.5. The molecule has 1 aromatic heterocycles. The molecule has 30 heteroatoms. The fourth-order valence-corrected chi connectivity index (χ4v) is 7.36. The van der Waals surface area contributed by atoms with Crippen LogP contribution < -0.4 is 24.6 Å². The number of carboxylic acids is 2.